The molecule has 0 amide bonds. The SMILES string of the molecule is CCN(Cc1c(CNC)oc2ccccc12)CC1CCC1. The molecule has 114 valence electrons. The molecule has 0 saturated heterocycles. The van der Waals surface area contributed by atoms with E-state index in [1.807, 2.05) is 13.1 Å². The van der Waals surface area contributed by atoms with E-state index in [0.717, 1.165) is 36.9 Å². The fourth-order valence-corrected chi connectivity index (χ4v) is 3.20. The van der Waals surface area contributed by atoms with E-state index >= 15 is 0 Å². The largest absolute Gasteiger partial charge is 0.459 e. The maximum Gasteiger partial charge on any atom is 0.134 e. The Morgan fingerprint density at radius 1 is 1.29 bits per heavy atom. The van der Waals surface area contributed by atoms with Crippen molar-refractivity contribution in [2.75, 3.05) is 20.1 Å². The fraction of sp³-hybridized carbons (Fsp3) is 0.556. The van der Waals surface area contributed by atoms with Gasteiger partial charge in [0.15, 0.2) is 0 Å². The summed E-state index contributed by atoms with van der Waals surface area (Å²) in [6.45, 7) is 6.40. The Bertz CT molecular complexity index is 586. The molecule has 0 radical (unpaired) electrons. The Hall–Kier alpha value is -1.32. The second kappa shape index (κ2) is 6.63. The molecule has 3 heteroatoms. The summed E-state index contributed by atoms with van der Waals surface area (Å²) in [4.78, 5) is 2.57. The quantitative estimate of drug-likeness (QED) is 0.840. The number of nitrogens with zero attached hydrogens (tertiary/aromatic N) is 1. The molecule has 21 heavy (non-hydrogen) atoms. The summed E-state index contributed by atoms with van der Waals surface area (Å²) in [6.07, 6.45) is 4.24. The summed E-state index contributed by atoms with van der Waals surface area (Å²) in [6, 6.07) is 8.40. The van der Waals surface area contributed by atoms with Crippen molar-refractivity contribution in [2.45, 2.75) is 39.3 Å². The molecule has 3 rings (SSSR count). The van der Waals surface area contributed by atoms with Crippen LogP contribution in [0.15, 0.2) is 28.7 Å². The van der Waals surface area contributed by atoms with Gasteiger partial charge in [-0.2, -0.15) is 0 Å². The zero-order chi connectivity index (χ0) is 14.7. The lowest BCUT2D eigenvalue weighted by Gasteiger charge is -2.31. The van der Waals surface area contributed by atoms with Gasteiger partial charge in [0.05, 0.1) is 6.54 Å². The van der Waals surface area contributed by atoms with Crippen LogP contribution in [0.2, 0.25) is 0 Å². The highest BCUT2D eigenvalue weighted by Gasteiger charge is 2.22. The van der Waals surface area contributed by atoms with Crippen LogP contribution in [0.1, 0.15) is 37.5 Å². The lowest BCUT2D eigenvalue weighted by atomic mass is 9.85. The molecule has 0 bridgehead atoms. The molecular formula is C18H26N2O. The van der Waals surface area contributed by atoms with Gasteiger partial charge in [0, 0.05) is 24.0 Å². The third-order valence-electron chi connectivity index (χ3n) is 4.69. The maximum atomic E-state index is 6.04. The smallest absolute Gasteiger partial charge is 0.134 e. The number of furan rings is 1. The number of fused-ring (bicyclic) bond motifs is 1. The minimum atomic E-state index is 0.797. The van der Waals surface area contributed by atoms with E-state index in [4.69, 9.17) is 4.42 Å². The van der Waals surface area contributed by atoms with Gasteiger partial charge in [-0.25, -0.2) is 0 Å². The molecule has 1 aromatic carbocycles. The van der Waals surface area contributed by atoms with E-state index in [9.17, 15) is 0 Å². The summed E-state index contributed by atoms with van der Waals surface area (Å²) in [5, 5.41) is 4.50. The van der Waals surface area contributed by atoms with Gasteiger partial charge in [0.25, 0.3) is 0 Å². The van der Waals surface area contributed by atoms with Gasteiger partial charge in [0.2, 0.25) is 0 Å². The lowest BCUT2D eigenvalue weighted by Crippen LogP contribution is -2.32. The van der Waals surface area contributed by atoms with Crippen molar-refractivity contribution in [1.82, 2.24) is 10.2 Å². The first-order valence-corrected chi connectivity index (χ1v) is 8.18. The van der Waals surface area contributed by atoms with Crippen LogP contribution in [0.3, 0.4) is 0 Å². The van der Waals surface area contributed by atoms with Gasteiger partial charge in [-0.15, -0.1) is 0 Å². The highest BCUT2D eigenvalue weighted by Crippen LogP contribution is 2.30. The zero-order valence-electron chi connectivity index (χ0n) is 13.2. The van der Waals surface area contributed by atoms with Crippen LogP contribution in [-0.4, -0.2) is 25.0 Å². The third-order valence-corrected chi connectivity index (χ3v) is 4.69. The average Bonchev–Trinajstić information content (AvgIpc) is 2.79. The van der Waals surface area contributed by atoms with Crippen molar-refractivity contribution in [3.63, 3.8) is 0 Å². The summed E-state index contributed by atoms with van der Waals surface area (Å²) in [5.74, 6) is 2.00. The molecule has 1 aromatic heterocycles. The Kier molecular flexibility index (Phi) is 4.61. The summed E-state index contributed by atoms with van der Waals surface area (Å²) in [5.41, 5.74) is 2.37. The normalized spacial score (nSPS) is 15.8. The van der Waals surface area contributed by atoms with Gasteiger partial charge in [-0.3, -0.25) is 4.90 Å². The molecule has 0 aliphatic heterocycles. The van der Waals surface area contributed by atoms with Crippen molar-refractivity contribution in [1.29, 1.82) is 0 Å². The minimum absolute atomic E-state index is 0.797. The predicted octanol–water partition coefficient (Wildman–Crippen LogP) is 3.77. The standard InChI is InChI=1S/C18H26N2O/c1-3-20(12-14-7-6-8-14)13-16-15-9-4-5-10-17(15)21-18(16)11-19-2/h4-5,9-10,14,19H,3,6-8,11-13H2,1-2H3. The Labute approximate surface area is 127 Å². The van der Waals surface area contributed by atoms with Crippen LogP contribution in [0.5, 0.6) is 0 Å². The molecule has 1 aliphatic carbocycles. The van der Waals surface area contributed by atoms with Gasteiger partial charge in [0.1, 0.15) is 11.3 Å². The molecule has 0 unspecified atom stereocenters. The van der Waals surface area contributed by atoms with Gasteiger partial charge in [-0.1, -0.05) is 31.5 Å². The number of para-hydroxylation sites is 1. The average molecular weight is 286 g/mol. The molecule has 3 nitrogen and oxygen atoms in total. The predicted molar refractivity (Wildman–Crippen MR) is 87.3 cm³/mol. The molecule has 0 spiro atoms. The summed E-state index contributed by atoms with van der Waals surface area (Å²) in [7, 11) is 1.98. The molecule has 1 heterocycles. The number of benzene rings is 1. The van der Waals surface area contributed by atoms with E-state index in [-0.39, 0.29) is 0 Å². The maximum absolute atomic E-state index is 6.04. The van der Waals surface area contributed by atoms with E-state index in [1.54, 1.807) is 0 Å². The second-order valence-electron chi connectivity index (χ2n) is 6.15. The van der Waals surface area contributed by atoms with Crippen LogP contribution < -0.4 is 5.32 Å². The first-order valence-electron chi connectivity index (χ1n) is 8.18. The van der Waals surface area contributed by atoms with Crippen molar-refractivity contribution in [3.05, 3.63) is 35.6 Å². The van der Waals surface area contributed by atoms with Crippen molar-refractivity contribution in [2.24, 2.45) is 5.92 Å². The molecule has 1 aliphatic rings. The fourth-order valence-electron chi connectivity index (χ4n) is 3.20. The second-order valence-corrected chi connectivity index (χ2v) is 6.15. The number of rotatable bonds is 7. The topological polar surface area (TPSA) is 28.4 Å². The monoisotopic (exact) mass is 286 g/mol. The minimum Gasteiger partial charge on any atom is -0.459 e. The molecule has 1 saturated carbocycles. The van der Waals surface area contributed by atoms with Gasteiger partial charge in [-0.05, 0) is 38.4 Å². The molecule has 1 fully saturated rings. The number of hydrogen-bond acceptors (Lipinski definition) is 3. The number of hydrogen-bond donors (Lipinski definition) is 1. The van der Waals surface area contributed by atoms with Crippen molar-refractivity contribution < 1.29 is 4.42 Å². The van der Waals surface area contributed by atoms with Crippen LogP contribution in [0.4, 0.5) is 0 Å². The van der Waals surface area contributed by atoms with E-state index in [0.29, 0.717) is 0 Å². The van der Waals surface area contributed by atoms with Crippen LogP contribution >= 0.6 is 0 Å². The zero-order valence-corrected chi connectivity index (χ0v) is 13.2. The van der Waals surface area contributed by atoms with Crippen LogP contribution in [-0.2, 0) is 13.1 Å². The van der Waals surface area contributed by atoms with Crippen molar-refractivity contribution >= 4 is 11.0 Å². The highest BCUT2D eigenvalue weighted by atomic mass is 16.3. The van der Waals surface area contributed by atoms with Gasteiger partial charge < -0.3 is 9.73 Å². The number of nitrogens with one attached hydrogen (secondary N) is 1. The van der Waals surface area contributed by atoms with E-state index < -0.39 is 0 Å². The lowest BCUT2D eigenvalue weighted by molar-refractivity contribution is 0.177. The summed E-state index contributed by atoms with van der Waals surface area (Å²) >= 11 is 0. The molecule has 2 aromatic rings. The highest BCUT2D eigenvalue weighted by molar-refractivity contribution is 5.82. The van der Waals surface area contributed by atoms with E-state index in [1.165, 1.54) is 36.8 Å². The Morgan fingerprint density at radius 3 is 2.76 bits per heavy atom. The van der Waals surface area contributed by atoms with Crippen molar-refractivity contribution in [3.8, 4) is 0 Å². The van der Waals surface area contributed by atoms with Crippen LogP contribution in [0, 0.1) is 5.92 Å². The summed E-state index contributed by atoms with van der Waals surface area (Å²) < 4.78 is 6.04. The third kappa shape index (κ3) is 3.14. The van der Waals surface area contributed by atoms with E-state index in [2.05, 4.69) is 35.3 Å². The molecule has 1 N–H and O–H groups in total. The van der Waals surface area contributed by atoms with Crippen LogP contribution in [0.25, 0.3) is 11.0 Å². The Morgan fingerprint density at radius 2 is 2.10 bits per heavy atom. The van der Waals surface area contributed by atoms with Gasteiger partial charge >= 0.3 is 0 Å². The molecule has 0 atom stereocenters. The first kappa shape index (κ1) is 14.6. The first-order chi connectivity index (χ1) is 10.3. The molecular weight excluding hydrogens is 260 g/mol. The Balaban J connectivity index is 1.84.